The van der Waals surface area contributed by atoms with Crippen molar-refractivity contribution in [3.8, 4) is 6.07 Å². The van der Waals surface area contributed by atoms with Crippen molar-refractivity contribution in [3.05, 3.63) is 29.8 Å². The molecule has 2 aliphatic rings. The van der Waals surface area contributed by atoms with Crippen LogP contribution in [0.3, 0.4) is 0 Å². The number of carbonyl (C=O) groups is 1. The number of carbonyl (C=O) groups excluding carboxylic acids is 1. The molecule has 0 spiro atoms. The first-order chi connectivity index (χ1) is 12.7. The Kier molecular flexibility index (Phi) is 6.51. The highest BCUT2D eigenvalue weighted by atomic mass is 16.5. The summed E-state index contributed by atoms with van der Waals surface area (Å²) in [5.74, 6) is 0.856. The summed E-state index contributed by atoms with van der Waals surface area (Å²) in [6, 6.07) is 10.1. The number of nitrogens with zero attached hydrogens (tertiary/aromatic N) is 3. The lowest BCUT2D eigenvalue weighted by Crippen LogP contribution is -2.39. The maximum Gasteiger partial charge on any atom is 0.308 e. The Hall–Kier alpha value is -2.06. The van der Waals surface area contributed by atoms with E-state index in [1.165, 1.54) is 32.1 Å². The van der Waals surface area contributed by atoms with E-state index in [2.05, 4.69) is 28.0 Å². The van der Waals surface area contributed by atoms with E-state index in [1.54, 1.807) is 0 Å². The number of piperidine rings is 2. The average Bonchev–Trinajstić information content (AvgIpc) is 2.72. The zero-order valence-corrected chi connectivity index (χ0v) is 15.7. The molecule has 0 unspecified atom stereocenters. The Morgan fingerprint density at radius 1 is 1.12 bits per heavy atom. The Balaban J connectivity index is 1.37. The van der Waals surface area contributed by atoms with Crippen LogP contribution in [0.25, 0.3) is 0 Å². The summed E-state index contributed by atoms with van der Waals surface area (Å²) in [5.41, 5.74) is 1.95. The third kappa shape index (κ3) is 4.76. The second-order valence-electron chi connectivity index (χ2n) is 7.52. The van der Waals surface area contributed by atoms with Gasteiger partial charge in [0.15, 0.2) is 0 Å². The van der Waals surface area contributed by atoms with Gasteiger partial charge in [0.1, 0.15) is 0 Å². The lowest BCUT2D eigenvalue weighted by atomic mass is 9.92. The molecule has 2 aliphatic heterocycles. The van der Waals surface area contributed by atoms with Crippen molar-refractivity contribution in [2.45, 2.75) is 32.1 Å². The molecule has 0 amide bonds. The maximum absolute atomic E-state index is 11.6. The predicted octanol–water partition coefficient (Wildman–Crippen LogP) is 3.05. The second-order valence-corrected chi connectivity index (χ2v) is 7.52. The van der Waals surface area contributed by atoms with Gasteiger partial charge in [0.05, 0.1) is 24.7 Å². The maximum atomic E-state index is 11.6. The Morgan fingerprint density at radius 2 is 1.77 bits per heavy atom. The van der Waals surface area contributed by atoms with Crippen molar-refractivity contribution in [2.24, 2.45) is 11.8 Å². The van der Waals surface area contributed by atoms with E-state index < -0.39 is 0 Å². The normalized spacial score (nSPS) is 19.9. The minimum atomic E-state index is -0.0418. The van der Waals surface area contributed by atoms with Crippen molar-refractivity contribution in [2.75, 3.05) is 44.7 Å². The van der Waals surface area contributed by atoms with Gasteiger partial charge in [0.2, 0.25) is 0 Å². The summed E-state index contributed by atoms with van der Waals surface area (Å²) in [4.78, 5) is 16.5. The van der Waals surface area contributed by atoms with Crippen LogP contribution in [-0.2, 0) is 9.53 Å². The number of esters is 1. The summed E-state index contributed by atoms with van der Waals surface area (Å²) >= 11 is 0. The van der Waals surface area contributed by atoms with Crippen LogP contribution in [0.5, 0.6) is 0 Å². The zero-order chi connectivity index (χ0) is 18.4. The molecule has 3 rings (SSSR count). The lowest BCUT2D eigenvalue weighted by molar-refractivity contribution is -0.147. The van der Waals surface area contributed by atoms with Gasteiger partial charge < -0.3 is 14.5 Å². The van der Waals surface area contributed by atoms with Gasteiger partial charge in [-0.1, -0.05) is 0 Å². The number of rotatable bonds is 5. The summed E-state index contributed by atoms with van der Waals surface area (Å²) in [7, 11) is 1.49. The molecule has 0 radical (unpaired) electrons. The smallest absolute Gasteiger partial charge is 0.308 e. The molecule has 26 heavy (non-hydrogen) atoms. The summed E-state index contributed by atoms with van der Waals surface area (Å²) < 4.78 is 4.86. The Labute approximate surface area is 156 Å². The number of benzene rings is 1. The van der Waals surface area contributed by atoms with Crippen molar-refractivity contribution >= 4 is 11.7 Å². The fourth-order valence-corrected chi connectivity index (χ4v) is 4.15. The molecule has 0 bridgehead atoms. The first-order valence-electron chi connectivity index (χ1n) is 9.75. The third-order valence-electron chi connectivity index (χ3n) is 5.95. The van der Waals surface area contributed by atoms with Gasteiger partial charge in [-0.3, -0.25) is 4.79 Å². The lowest BCUT2D eigenvalue weighted by Gasteiger charge is -2.36. The molecule has 0 saturated carbocycles. The number of hydrogen-bond acceptors (Lipinski definition) is 5. The molecule has 0 N–H and O–H groups in total. The molecule has 2 fully saturated rings. The standard InChI is InChI=1S/C21H29N3O2/c1-26-21(25)19-9-12-23(13-10-19)11-6-17-7-14-24(15-8-17)20-4-2-18(16-22)3-5-20/h2-5,17,19H,6-15H2,1H3. The molecule has 0 aromatic heterocycles. The van der Waals surface area contributed by atoms with Crippen LogP contribution in [0.15, 0.2) is 24.3 Å². The predicted molar refractivity (Wildman–Crippen MR) is 102 cm³/mol. The fourth-order valence-electron chi connectivity index (χ4n) is 4.15. The minimum absolute atomic E-state index is 0.0418. The van der Waals surface area contributed by atoms with Gasteiger partial charge in [0, 0.05) is 18.8 Å². The van der Waals surface area contributed by atoms with Crippen LogP contribution >= 0.6 is 0 Å². The van der Waals surface area contributed by atoms with E-state index in [0.29, 0.717) is 0 Å². The van der Waals surface area contributed by atoms with Crippen LogP contribution < -0.4 is 4.90 Å². The van der Waals surface area contributed by atoms with Gasteiger partial charge in [-0.05, 0) is 81.9 Å². The van der Waals surface area contributed by atoms with Crippen LogP contribution in [0.4, 0.5) is 5.69 Å². The number of ether oxygens (including phenoxy) is 1. The largest absolute Gasteiger partial charge is 0.469 e. The van der Waals surface area contributed by atoms with Gasteiger partial charge in [-0.25, -0.2) is 0 Å². The SMILES string of the molecule is COC(=O)C1CCN(CCC2CCN(c3ccc(C#N)cc3)CC2)CC1. The van der Waals surface area contributed by atoms with E-state index in [0.717, 1.165) is 57.0 Å². The number of hydrogen-bond donors (Lipinski definition) is 0. The van der Waals surface area contributed by atoms with Gasteiger partial charge in [0.25, 0.3) is 0 Å². The molecule has 5 heteroatoms. The average molecular weight is 355 g/mol. The molecule has 2 heterocycles. The molecular weight excluding hydrogens is 326 g/mol. The fraction of sp³-hybridized carbons (Fsp3) is 0.619. The molecule has 0 atom stereocenters. The number of anilines is 1. The van der Waals surface area contributed by atoms with Gasteiger partial charge >= 0.3 is 5.97 Å². The molecular formula is C21H29N3O2. The van der Waals surface area contributed by atoms with Crippen molar-refractivity contribution in [1.29, 1.82) is 5.26 Å². The number of methoxy groups -OCH3 is 1. The Bertz CT molecular complexity index is 622. The van der Waals surface area contributed by atoms with Crippen molar-refractivity contribution in [3.63, 3.8) is 0 Å². The molecule has 2 saturated heterocycles. The van der Waals surface area contributed by atoms with Crippen LogP contribution in [0, 0.1) is 23.2 Å². The van der Waals surface area contributed by atoms with E-state index in [9.17, 15) is 4.79 Å². The molecule has 1 aromatic rings. The first kappa shape index (κ1) is 18.7. The monoisotopic (exact) mass is 355 g/mol. The highest BCUT2D eigenvalue weighted by Gasteiger charge is 2.26. The first-order valence-corrected chi connectivity index (χ1v) is 9.75. The topological polar surface area (TPSA) is 56.6 Å². The van der Waals surface area contributed by atoms with Crippen molar-refractivity contribution in [1.82, 2.24) is 4.90 Å². The highest BCUT2D eigenvalue weighted by Crippen LogP contribution is 2.26. The van der Waals surface area contributed by atoms with E-state index in [1.807, 2.05) is 12.1 Å². The molecule has 140 valence electrons. The Morgan fingerprint density at radius 3 is 2.35 bits per heavy atom. The van der Waals surface area contributed by atoms with Crippen LogP contribution in [-0.4, -0.2) is 50.7 Å². The van der Waals surface area contributed by atoms with E-state index in [4.69, 9.17) is 10.00 Å². The third-order valence-corrected chi connectivity index (χ3v) is 5.95. The van der Waals surface area contributed by atoms with Gasteiger partial charge in [-0.2, -0.15) is 5.26 Å². The number of nitriles is 1. The van der Waals surface area contributed by atoms with E-state index in [-0.39, 0.29) is 11.9 Å². The molecule has 1 aromatic carbocycles. The zero-order valence-electron chi connectivity index (χ0n) is 15.7. The quantitative estimate of drug-likeness (QED) is 0.760. The highest BCUT2D eigenvalue weighted by molar-refractivity contribution is 5.72. The van der Waals surface area contributed by atoms with Crippen LogP contribution in [0.2, 0.25) is 0 Å². The molecule has 5 nitrogen and oxygen atoms in total. The van der Waals surface area contributed by atoms with E-state index >= 15 is 0 Å². The van der Waals surface area contributed by atoms with Crippen molar-refractivity contribution < 1.29 is 9.53 Å². The second kappa shape index (κ2) is 9.05. The van der Waals surface area contributed by atoms with Crippen LogP contribution in [0.1, 0.15) is 37.7 Å². The summed E-state index contributed by atoms with van der Waals surface area (Å²) in [5, 5.41) is 8.90. The van der Waals surface area contributed by atoms with Gasteiger partial charge in [-0.15, -0.1) is 0 Å². The summed E-state index contributed by atoms with van der Waals surface area (Å²) in [6.07, 6.45) is 5.59. The molecule has 0 aliphatic carbocycles. The number of likely N-dealkylation sites (tertiary alicyclic amines) is 1. The summed E-state index contributed by atoms with van der Waals surface area (Å²) in [6.45, 7) is 5.38. The minimum Gasteiger partial charge on any atom is -0.469 e.